The van der Waals surface area contributed by atoms with Crippen molar-refractivity contribution in [2.24, 2.45) is 0 Å². The summed E-state index contributed by atoms with van der Waals surface area (Å²) in [6, 6.07) is 0. The largest absolute Gasteiger partial charge is 0.368 e. The third kappa shape index (κ3) is 1.73. The highest BCUT2D eigenvalue weighted by atomic mass is 35.5. The Bertz CT molecular complexity index is 294. The van der Waals surface area contributed by atoms with Crippen LogP contribution in [-0.4, -0.2) is 11.6 Å². The molecule has 1 aromatic rings. The Balaban J connectivity index is 2.23. The zero-order valence-electron chi connectivity index (χ0n) is 7.55. The molecule has 4 heteroatoms. The van der Waals surface area contributed by atoms with Crippen LogP contribution < -0.4 is 0 Å². The molecule has 1 aliphatic heterocycles. The molecule has 2 rings (SSSR count). The molecule has 0 spiro atoms. The third-order valence-electron chi connectivity index (χ3n) is 2.36. The van der Waals surface area contributed by atoms with Crippen molar-refractivity contribution in [2.75, 3.05) is 6.61 Å². The Hall–Kier alpha value is -0.120. The van der Waals surface area contributed by atoms with Crippen molar-refractivity contribution in [1.29, 1.82) is 0 Å². The van der Waals surface area contributed by atoms with E-state index >= 15 is 0 Å². The van der Waals surface area contributed by atoms with Gasteiger partial charge in [-0.2, -0.15) is 0 Å². The zero-order chi connectivity index (χ0) is 9.31. The third-order valence-corrected chi connectivity index (χ3v) is 4.05. The van der Waals surface area contributed by atoms with Crippen LogP contribution in [0.2, 0.25) is 0 Å². The van der Waals surface area contributed by atoms with Gasteiger partial charge >= 0.3 is 0 Å². The Morgan fingerprint density at radius 1 is 1.77 bits per heavy atom. The van der Waals surface area contributed by atoms with Gasteiger partial charge < -0.3 is 4.74 Å². The van der Waals surface area contributed by atoms with Crippen LogP contribution in [0.15, 0.2) is 6.20 Å². The first-order chi connectivity index (χ1) is 6.24. The van der Waals surface area contributed by atoms with Crippen molar-refractivity contribution < 1.29 is 4.74 Å². The summed E-state index contributed by atoms with van der Waals surface area (Å²) >= 11 is 7.38. The van der Waals surface area contributed by atoms with E-state index in [0.717, 1.165) is 29.3 Å². The van der Waals surface area contributed by atoms with Crippen LogP contribution in [0.3, 0.4) is 0 Å². The molecule has 2 heterocycles. The van der Waals surface area contributed by atoms with Crippen molar-refractivity contribution in [3.05, 3.63) is 16.1 Å². The number of nitrogens with zero attached hydrogens (tertiary/aromatic N) is 1. The average molecular weight is 218 g/mol. The maximum absolute atomic E-state index is 5.72. The number of hydrogen-bond donors (Lipinski definition) is 0. The van der Waals surface area contributed by atoms with E-state index in [4.69, 9.17) is 16.3 Å². The number of alkyl halides is 1. The summed E-state index contributed by atoms with van der Waals surface area (Å²) in [5.41, 5.74) is -0.144. The number of halogens is 1. The summed E-state index contributed by atoms with van der Waals surface area (Å²) < 4.78 is 5.69. The monoisotopic (exact) mass is 217 g/mol. The molecule has 1 aromatic heterocycles. The molecule has 0 aliphatic carbocycles. The smallest absolute Gasteiger partial charge is 0.125 e. The van der Waals surface area contributed by atoms with E-state index in [0.29, 0.717) is 5.88 Å². The lowest BCUT2D eigenvalue weighted by atomic mass is 10.0. The summed E-state index contributed by atoms with van der Waals surface area (Å²) in [5.74, 6) is 0.549. The zero-order valence-corrected chi connectivity index (χ0v) is 9.12. The summed E-state index contributed by atoms with van der Waals surface area (Å²) in [6.07, 6.45) is 4.05. The highest BCUT2D eigenvalue weighted by molar-refractivity contribution is 7.11. The van der Waals surface area contributed by atoms with Crippen LogP contribution in [0.25, 0.3) is 0 Å². The van der Waals surface area contributed by atoms with Crippen LogP contribution >= 0.6 is 22.9 Å². The molecule has 0 saturated carbocycles. The van der Waals surface area contributed by atoms with E-state index in [-0.39, 0.29) is 5.60 Å². The second kappa shape index (κ2) is 3.56. The number of rotatable bonds is 2. The molecule has 1 atom stereocenters. The first kappa shape index (κ1) is 9.44. The minimum atomic E-state index is -0.144. The predicted octanol–water partition coefficient (Wildman–Crippen LogP) is 2.91. The molecule has 1 aliphatic rings. The van der Waals surface area contributed by atoms with Crippen molar-refractivity contribution in [2.45, 2.75) is 31.2 Å². The van der Waals surface area contributed by atoms with Gasteiger partial charge in [0, 0.05) is 17.7 Å². The van der Waals surface area contributed by atoms with Gasteiger partial charge in [-0.05, 0) is 19.8 Å². The molecule has 1 unspecified atom stereocenters. The van der Waals surface area contributed by atoms with Gasteiger partial charge in [0.1, 0.15) is 10.6 Å². The first-order valence-electron chi connectivity index (χ1n) is 4.40. The fraction of sp³-hybridized carbons (Fsp3) is 0.667. The Morgan fingerprint density at radius 3 is 3.15 bits per heavy atom. The highest BCUT2D eigenvalue weighted by Gasteiger charge is 2.34. The van der Waals surface area contributed by atoms with Crippen molar-refractivity contribution in [3.8, 4) is 0 Å². The normalized spacial score (nSPS) is 28.2. The molecule has 0 N–H and O–H groups in total. The van der Waals surface area contributed by atoms with Gasteiger partial charge in [-0.25, -0.2) is 4.98 Å². The fourth-order valence-corrected chi connectivity index (χ4v) is 2.68. The van der Waals surface area contributed by atoms with E-state index in [1.807, 2.05) is 6.20 Å². The number of ether oxygens (including phenoxy) is 1. The Morgan fingerprint density at radius 2 is 2.62 bits per heavy atom. The predicted molar refractivity (Wildman–Crippen MR) is 54.2 cm³/mol. The van der Waals surface area contributed by atoms with E-state index < -0.39 is 0 Å². The molecule has 1 saturated heterocycles. The molecule has 0 radical (unpaired) electrons. The fourth-order valence-electron chi connectivity index (χ4n) is 1.56. The lowest BCUT2D eigenvalue weighted by Gasteiger charge is -2.19. The maximum Gasteiger partial charge on any atom is 0.125 e. The van der Waals surface area contributed by atoms with Crippen molar-refractivity contribution in [1.82, 2.24) is 4.98 Å². The average Bonchev–Trinajstić information content (AvgIpc) is 2.72. The highest BCUT2D eigenvalue weighted by Crippen LogP contribution is 2.37. The minimum Gasteiger partial charge on any atom is -0.368 e. The molecular weight excluding hydrogens is 206 g/mol. The Labute approximate surface area is 86.9 Å². The maximum atomic E-state index is 5.72. The summed E-state index contributed by atoms with van der Waals surface area (Å²) in [4.78, 5) is 5.47. The van der Waals surface area contributed by atoms with Crippen LogP contribution in [0.1, 0.15) is 29.7 Å². The van der Waals surface area contributed by atoms with Crippen molar-refractivity contribution in [3.63, 3.8) is 0 Å². The Kier molecular flexibility index (Phi) is 2.58. The SMILES string of the molecule is CC1(c2ncc(CCl)s2)CCCO1. The minimum absolute atomic E-state index is 0.144. The van der Waals surface area contributed by atoms with Gasteiger partial charge in [0.15, 0.2) is 0 Å². The topological polar surface area (TPSA) is 22.1 Å². The van der Waals surface area contributed by atoms with Crippen LogP contribution in [0.4, 0.5) is 0 Å². The molecule has 72 valence electrons. The van der Waals surface area contributed by atoms with Gasteiger partial charge in [-0.3, -0.25) is 0 Å². The molecule has 13 heavy (non-hydrogen) atoms. The van der Waals surface area contributed by atoms with E-state index in [1.165, 1.54) is 0 Å². The molecule has 0 bridgehead atoms. The second-order valence-electron chi connectivity index (χ2n) is 3.45. The van der Waals surface area contributed by atoms with Crippen LogP contribution in [0.5, 0.6) is 0 Å². The molecule has 1 fully saturated rings. The standard InChI is InChI=1S/C9H12ClNOS/c1-9(3-2-4-12-9)8-11-6-7(5-10)13-8/h6H,2-5H2,1H3. The van der Waals surface area contributed by atoms with Gasteiger partial charge in [0.2, 0.25) is 0 Å². The van der Waals surface area contributed by atoms with E-state index in [1.54, 1.807) is 11.3 Å². The summed E-state index contributed by atoms with van der Waals surface area (Å²) in [7, 11) is 0. The number of thiazole rings is 1. The quantitative estimate of drug-likeness (QED) is 0.711. The lowest BCUT2D eigenvalue weighted by Crippen LogP contribution is -2.19. The second-order valence-corrected chi connectivity index (χ2v) is 4.83. The van der Waals surface area contributed by atoms with Gasteiger partial charge in [0.05, 0.1) is 5.88 Å². The summed E-state index contributed by atoms with van der Waals surface area (Å²) in [6.45, 7) is 2.96. The lowest BCUT2D eigenvalue weighted by molar-refractivity contribution is 0.0166. The van der Waals surface area contributed by atoms with Crippen LogP contribution in [-0.2, 0) is 16.2 Å². The van der Waals surface area contributed by atoms with Gasteiger partial charge in [-0.1, -0.05) is 0 Å². The van der Waals surface area contributed by atoms with Gasteiger partial charge in [0.25, 0.3) is 0 Å². The molecular formula is C9H12ClNOS. The summed E-state index contributed by atoms with van der Waals surface area (Å²) in [5, 5.41) is 1.07. The van der Waals surface area contributed by atoms with E-state index in [9.17, 15) is 0 Å². The van der Waals surface area contributed by atoms with Crippen LogP contribution in [0, 0.1) is 0 Å². The first-order valence-corrected chi connectivity index (χ1v) is 5.75. The van der Waals surface area contributed by atoms with Crippen molar-refractivity contribution >= 4 is 22.9 Å². The van der Waals surface area contributed by atoms with E-state index in [2.05, 4.69) is 11.9 Å². The van der Waals surface area contributed by atoms with Gasteiger partial charge in [-0.15, -0.1) is 22.9 Å². The molecule has 2 nitrogen and oxygen atoms in total. The number of aromatic nitrogens is 1. The molecule has 0 amide bonds. The number of hydrogen-bond acceptors (Lipinski definition) is 3. The molecule has 0 aromatic carbocycles.